The Morgan fingerprint density at radius 1 is 1.17 bits per heavy atom. The summed E-state index contributed by atoms with van der Waals surface area (Å²) in [6.07, 6.45) is 4.36. The average Bonchev–Trinajstić information content (AvgIpc) is 2.87. The number of carbonyl (C=O) groups is 2. The van der Waals surface area contributed by atoms with Crippen LogP contribution in [0.5, 0.6) is 0 Å². The first-order valence-corrected chi connectivity index (χ1v) is 10.2. The molecule has 2 unspecified atom stereocenters. The zero-order chi connectivity index (χ0) is 21.6. The van der Waals surface area contributed by atoms with Crippen molar-refractivity contribution in [1.29, 1.82) is 0 Å². The van der Waals surface area contributed by atoms with E-state index in [-0.39, 0.29) is 35.7 Å². The summed E-state index contributed by atoms with van der Waals surface area (Å²) < 4.78 is 17.5. The summed E-state index contributed by atoms with van der Waals surface area (Å²) in [7, 11) is 2.37. The molecule has 30 heavy (non-hydrogen) atoms. The van der Waals surface area contributed by atoms with Gasteiger partial charge in [0.05, 0.1) is 31.8 Å². The van der Waals surface area contributed by atoms with Gasteiger partial charge in [0, 0.05) is 25.7 Å². The number of carbonyl (C=O) groups excluding carboxylic acids is 1. The van der Waals surface area contributed by atoms with E-state index in [0.717, 1.165) is 22.9 Å². The zero-order valence-corrected chi connectivity index (χ0v) is 19.4. The number of alkyl halides is 1. The van der Waals surface area contributed by atoms with Crippen molar-refractivity contribution in [3.05, 3.63) is 35.9 Å². The molecule has 2 bridgehead atoms. The van der Waals surface area contributed by atoms with Gasteiger partial charge in [-0.1, -0.05) is 30.3 Å². The Hall–Kier alpha value is -1.51. The lowest BCUT2D eigenvalue weighted by Crippen LogP contribution is -3.00. The molecule has 2 heterocycles. The van der Waals surface area contributed by atoms with Crippen LogP contribution in [-0.2, 0) is 14.3 Å². The zero-order valence-electron chi connectivity index (χ0n) is 17.8. The van der Waals surface area contributed by atoms with Crippen LogP contribution in [0.1, 0.15) is 51.0 Å². The maximum atomic E-state index is 12.6. The highest BCUT2D eigenvalue weighted by atomic mass is 79.9. The number of carboxylic acids is 1. The minimum atomic E-state index is -1.41. The normalized spacial score (nSPS) is 28.0. The highest BCUT2D eigenvalue weighted by Crippen LogP contribution is 2.44. The summed E-state index contributed by atoms with van der Waals surface area (Å²) in [4.78, 5) is 21.6. The molecule has 2 aliphatic rings. The molecule has 2 fully saturated rings. The van der Waals surface area contributed by atoms with Gasteiger partial charge in [0.1, 0.15) is 12.0 Å². The van der Waals surface area contributed by atoms with Gasteiger partial charge in [-0.3, -0.25) is 4.79 Å². The number of benzene rings is 1. The van der Waals surface area contributed by atoms with E-state index in [2.05, 4.69) is 20.9 Å². The lowest BCUT2D eigenvalue weighted by Gasteiger charge is -2.49. The minimum absolute atomic E-state index is 0. The monoisotopic (exact) mass is 489 g/mol. The Morgan fingerprint density at radius 2 is 1.67 bits per heavy atom. The molecular weight excluding hydrogens is 457 g/mol. The number of aliphatic hydroxyl groups excluding tert-OH is 1. The molecule has 0 saturated carbocycles. The predicted octanol–water partition coefficient (Wildman–Crippen LogP) is -0.101. The van der Waals surface area contributed by atoms with Gasteiger partial charge in [-0.25, -0.2) is 9.18 Å². The molecule has 2 aliphatic heterocycles. The van der Waals surface area contributed by atoms with Gasteiger partial charge >= 0.3 is 11.9 Å². The third kappa shape index (κ3) is 6.02. The lowest BCUT2D eigenvalue weighted by atomic mass is 9.94. The van der Waals surface area contributed by atoms with Crippen molar-refractivity contribution in [2.45, 2.75) is 69.7 Å². The van der Waals surface area contributed by atoms with E-state index in [1.165, 1.54) is 12.8 Å². The van der Waals surface area contributed by atoms with Crippen molar-refractivity contribution in [3.8, 4) is 0 Å². The number of aliphatic hydroxyl groups is 1. The maximum Gasteiger partial charge on any atom is 0.335 e. The van der Waals surface area contributed by atoms with Crippen molar-refractivity contribution in [2.24, 2.45) is 0 Å². The van der Waals surface area contributed by atoms with E-state index in [1.54, 1.807) is 0 Å². The van der Waals surface area contributed by atoms with Crippen molar-refractivity contribution in [2.75, 3.05) is 20.3 Å². The third-order valence-corrected chi connectivity index (χ3v) is 6.66. The fourth-order valence-corrected chi connectivity index (χ4v) is 4.82. The first kappa shape index (κ1) is 26.5. The standard InChI is InChI=1S/C20H30NO3.C2H3FO2.BrH/c1-14(2)21(3)16-9-10-17(21)12-18(11-16)24-20(23)19(13-22)15-7-5-4-6-8-15;3-1-2(4)5;/h4-8,14,16-19,22H,9-13H2,1-3H3;1H2,(H,4,5);1H/q+1;;/p-1/t16-,17+,18+,19?,21?;;. The fourth-order valence-electron chi connectivity index (χ4n) is 4.82. The number of nitrogens with zero attached hydrogens (tertiary/aromatic N) is 1. The molecule has 0 radical (unpaired) electrons. The van der Waals surface area contributed by atoms with Crippen LogP contribution in [0.2, 0.25) is 0 Å². The first-order chi connectivity index (χ1) is 13.7. The van der Waals surface area contributed by atoms with Crippen LogP contribution in [0.15, 0.2) is 30.3 Å². The van der Waals surface area contributed by atoms with Gasteiger partial charge in [-0.2, -0.15) is 0 Å². The largest absolute Gasteiger partial charge is 1.00 e. The Bertz CT molecular complexity index is 673. The number of halogens is 2. The summed E-state index contributed by atoms with van der Waals surface area (Å²) in [5.41, 5.74) is 0.826. The number of piperidine rings is 1. The average molecular weight is 490 g/mol. The van der Waals surface area contributed by atoms with E-state index in [1.807, 2.05) is 30.3 Å². The van der Waals surface area contributed by atoms with Crippen molar-refractivity contribution in [3.63, 3.8) is 0 Å². The second kappa shape index (κ2) is 11.8. The number of aliphatic carboxylic acids is 1. The molecule has 0 spiro atoms. The van der Waals surface area contributed by atoms with E-state index in [9.17, 15) is 14.3 Å². The number of hydrogen-bond acceptors (Lipinski definition) is 4. The number of fused-ring (bicyclic) bond motifs is 2. The molecule has 5 atom stereocenters. The Labute approximate surface area is 188 Å². The second-order valence-electron chi connectivity index (χ2n) is 8.40. The molecule has 0 aliphatic carbocycles. The molecule has 2 N–H and O–H groups in total. The summed E-state index contributed by atoms with van der Waals surface area (Å²) >= 11 is 0. The Kier molecular flexibility index (Phi) is 10.4. The van der Waals surface area contributed by atoms with E-state index in [4.69, 9.17) is 14.6 Å². The molecule has 0 amide bonds. The third-order valence-electron chi connectivity index (χ3n) is 6.66. The van der Waals surface area contributed by atoms with Gasteiger partial charge in [-0.15, -0.1) is 0 Å². The van der Waals surface area contributed by atoms with Crippen LogP contribution in [0.3, 0.4) is 0 Å². The van der Waals surface area contributed by atoms with Crippen molar-refractivity contribution < 1.29 is 50.4 Å². The number of quaternary nitrogens is 1. The lowest BCUT2D eigenvalue weighted by molar-refractivity contribution is -0.968. The van der Waals surface area contributed by atoms with Gasteiger partial charge in [0.25, 0.3) is 0 Å². The summed E-state index contributed by atoms with van der Waals surface area (Å²) in [6, 6.07) is 11.2. The number of ether oxygens (including phenoxy) is 1. The summed E-state index contributed by atoms with van der Waals surface area (Å²) in [5, 5.41) is 17.0. The minimum Gasteiger partial charge on any atom is -1.00 e. The van der Waals surface area contributed by atoms with Crippen LogP contribution in [0.4, 0.5) is 4.39 Å². The number of esters is 1. The van der Waals surface area contributed by atoms with Crippen molar-refractivity contribution >= 4 is 11.9 Å². The second-order valence-corrected chi connectivity index (χ2v) is 8.40. The van der Waals surface area contributed by atoms with Crippen LogP contribution in [0, 0.1) is 0 Å². The van der Waals surface area contributed by atoms with Crippen LogP contribution < -0.4 is 17.0 Å². The molecule has 1 aromatic rings. The van der Waals surface area contributed by atoms with Gasteiger partial charge in [-0.05, 0) is 19.4 Å². The predicted molar refractivity (Wildman–Crippen MR) is 107 cm³/mol. The van der Waals surface area contributed by atoms with Gasteiger partial charge < -0.3 is 36.4 Å². The molecular formula is C22H33BrFNO5. The van der Waals surface area contributed by atoms with Crippen LogP contribution >= 0.6 is 0 Å². The van der Waals surface area contributed by atoms with Crippen LogP contribution in [0.25, 0.3) is 0 Å². The summed E-state index contributed by atoms with van der Waals surface area (Å²) in [6.45, 7) is 3.12. The molecule has 0 aromatic heterocycles. The van der Waals surface area contributed by atoms with Crippen molar-refractivity contribution in [1.82, 2.24) is 0 Å². The van der Waals surface area contributed by atoms with Gasteiger partial charge in [0.15, 0.2) is 6.67 Å². The molecule has 6 nitrogen and oxygen atoms in total. The number of rotatable bonds is 6. The highest BCUT2D eigenvalue weighted by molar-refractivity contribution is 5.78. The molecule has 2 saturated heterocycles. The maximum absolute atomic E-state index is 12.6. The topological polar surface area (TPSA) is 83.8 Å². The molecule has 170 valence electrons. The highest BCUT2D eigenvalue weighted by Gasteiger charge is 2.53. The quantitative estimate of drug-likeness (QED) is 0.430. The van der Waals surface area contributed by atoms with E-state index in [0.29, 0.717) is 18.1 Å². The first-order valence-electron chi connectivity index (χ1n) is 10.2. The SMILES string of the molecule is CC(C)[N+]1(C)[C@@H]2CC[C@H]1C[C@@H](OC(=O)C(CO)c1ccccc1)C2.O=C(O)CF.[Br-]. The molecule has 3 rings (SSSR count). The van der Waals surface area contributed by atoms with Crippen LogP contribution in [-0.4, -0.2) is 71.2 Å². The molecule has 8 heteroatoms. The van der Waals surface area contributed by atoms with Gasteiger partial charge in [0.2, 0.25) is 0 Å². The van der Waals surface area contributed by atoms with E-state index >= 15 is 0 Å². The smallest absolute Gasteiger partial charge is 0.335 e. The fraction of sp³-hybridized carbons (Fsp3) is 0.636. The Morgan fingerprint density at radius 3 is 2.07 bits per heavy atom. The summed E-state index contributed by atoms with van der Waals surface area (Å²) in [5.74, 6) is -2.27. The molecule has 1 aromatic carbocycles. The Balaban J connectivity index is 0.000000674. The van der Waals surface area contributed by atoms with E-state index < -0.39 is 18.6 Å². The number of hydrogen-bond donors (Lipinski definition) is 2. The number of carboxylic acid groups (broad SMARTS) is 1.